The number of aliphatic hydroxyl groups excluding tert-OH is 1. The second-order valence-electron chi connectivity index (χ2n) is 24.2. The molecule has 0 aromatic heterocycles. The van der Waals surface area contributed by atoms with E-state index in [9.17, 15) is 43.2 Å². The minimum atomic E-state index is -4.94. The number of phosphoric ester groups is 2. The van der Waals surface area contributed by atoms with Crippen molar-refractivity contribution in [3.8, 4) is 0 Å². The van der Waals surface area contributed by atoms with Gasteiger partial charge in [-0.05, 0) is 49.4 Å². The molecule has 0 saturated heterocycles. The summed E-state index contributed by atoms with van der Waals surface area (Å²) in [5.74, 6) is 0.736. The molecule has 19 heteroatoms. The van der Waals surface area contributed by atoms with Gasteiger partial charge in [-0.2, -0.15) is 0 Å². The minimum absolute atomic E-state index is 0.101. The van der Waals surface area contributed by atoms with Crippen molar-refractivity contribution >= 4 is 39.5 Å². The first-order chi connectivity index (χ1) is 39.2. The number of esters is 4. The molecule has 0 radical (unpaired) electrons. The first-order valence-corrected chi connectivity index (χ1v) is 35.8. The summed E-state index contributed by atoms with van der Waals surface area (Å²) in [6.07, 6.45) is 32.4. The van der Waals surface area contributed by atoms with Crippen LogP contribution in [-0.4, -0.2) is 96.7 Å². The average Bonchev–Trinajstić information content (AvgIpc) is 3.45. The number of aliphatic hydroxyl groups is 1. The van der Waals surface area contributed by atoms with Gasteiger partial charge in [0.05, 0.1) is 26.4 Å². The third kappa shape index (κ3) is 54.7. The first kappa shape index (κ1) is 80.1. The second-order valence-corrected chi connectivity index (χ2v) is 27.1. The smallest absolute Gasteiger partial charge is 0.462 e. The van der Waals surface area contributed by atoms with Crippen LogP contribution >= 0.6 is 15.6 Å². The number of ether oxygens (including phenoxy) is 4. The van der Waals surface area contributed by atoms with Crippen molar-refractivity contribution in [1.82, 2.24) is 0 Å². The second kappa shape index (κ2) is 53.3. The topological polar surface area (TPSA) is 237 Å². The molecule has 3 N–H and O–H groups in total. The van der Waals surface area contributed by atoms with Gasteiger partial charge < -0.3 is 33.8 Å². The van der Waals surface area contributed by atoms with Crippen LogP contribution in [0.5, 0.6) is 0 Å². The Bertz CT molecular complexity index is 1650. The zero-order chi connectivity index (χ0) is 61.1. The maximum Gasteiger partial charge on any atom is 0.472 e. The molecule has 0 bridgehead atoms. The van der Waals surface area contributed by atoms with E-state index in [-0.39, 0.29) is 25.7 Å². The van der Waals surface area contributed by atoms with Gasteiger partial charge in [0.2, 0.25) is 0 Å². The molecule has 17 nitrogen and oxygen atoms in total. The van der Waals surface area contributed by atoms with Gasteiger partial charge >= 0.3 is 39.5 Å². The first-order valence-electron chi connectivity index (χ1n) is 32.8. The number of unbranched alkanes of at least 4 members (excludes halogenated alkanes) is 24. The van der Waals surface area contributed by atoms with Crippen LogP contribution in [0, 0.1) is 23.7 Å². The van der Waals surface area contributed by atoms with Gasteiger partial charge in [0.25, 0.3) is 0 Å². The van der Waals surface area contributed by atoms with E-state index in [0.717, 1.165) is 115 Å². The van der Waals surface area contributed by atoms with Crippen LogP contribution in [0.1, 0.15) is 299 Å². The Balaban J connectivity index is 5.25. The highest BCUT2D eigenvalue weighted by Crippen LogP contribution is 2.45. The predicted molar refractivity (Wildman–Crippen MR) is 326 cm³/mol. The summed E-state index contributed by atoms with van der Waals surface area (Å²) < 4.78 is 67.9. The molecule has 4 unspecified atom stereocenters. The van der Waals surface area contributed by atoms with Crippen molar-refractivity contribution in [1.29, 1.82) is 0 Å². The van der Waals surface area contributed by atoms with Gasteiger partial charge in [-0.3, -0.25) is 37.3 Å². The molecule has 7 atom stereocenters. The highest BCUT2D eigenvalue weighted by atomic mass is 31.2. The quantitative estimate of drug-likeness (QED) is 0.0222. The lowest BCUT2D eigenvalue weighted by Gasteiger charge is -2.21. The van der Waals surface area contributed by atoms with Crippen LogP contribution < -0.4 is 0 Å². The number of hydrogen-bond acceptors (Lipinski definition) is 15. The minimum Gasteiger partial charge on any atom is -0.462 e. The Hall–Kier alpha value is -1.94. The highest BCUT2D eigenvalue weighted by molar-refractivity contribution is 7.47. The maximum atomic E-state index is 13.0. The lowest BCUT2D eigenvalue weighted by molar-refractivity contribution is -0.161. The molecular formula is C63H122O17P2. The van der Waals surface area contributed by atoms with E-state index < -0.39 is 97.5 Å². The molecule has 486 valence electrons. The normalized spacial score (nSPS) is 15.1. The van der Waals surface area contributed by atoms with Gasteiger partial charge in [0, 0.05) is 25.7 Å². The molecule has 0 aliphatic rings. The number of hydrogen-bond donors (Lipinski definition) is 3. The summed E-state index contributed by atoms with van der Waals surface area (Å²) in [5.41, 5.74) is 0. The zero-order valence-corrected chi connectivity index (χ0v) is 54.9. The van der Waals surface area contributed by atoms with Crippen molar-refractivity contribution in [2.45, 2.75) is 318 Å². The molecule has 0 spiro atoms. The molecular weight excluding hydrogens is 1090 g/mol. The fraction of sp³-hybridized carbons (Fsp3) is 0.937. The molecule has 0 amide bonds. The Morgan fingerprint density at radius 2 is 0.585 bits per heavy atom. The van der Waals surface area contributed by atoms with E-state index in [1.807, 2.05) is 0 Å². The van der Waals surface area contributed by atoms with Crippen molar-refractivity contribution in [2.75, 3.05) is 39.6 Å². The maximum absolute atomic E-state index is 13.0. The molecule has 0 heterocycles. The molecule has 0 fully saturated rings. The molecule has 0 saturated carbocycles. The Kier molecular flexibility index (Phi) is 52.0. The number of phosphoric acid groups is 2. The number of carbonyl (C=O) groups excluding carboxylic acids is 4. The van der Waals surface area contributed by atoms with Gasteiger partial charge in [-0.1, -0.05) is 248 Å². The van der Waals surface area contributed by atoms with E-state index in [2.05, 4.69) is 55.4 Å². The van der Waals surface area contributed by atoms with Crippen LogP contribution in [0.3, 0.4) is 0 Å². The fourth-order valence-electron chi connectivity index (χ4n) is 9.19. The van der Waals surface area contributed by atoms with E-state index >= 15 is 0 Å². The Morgan fingerprint density at radius 3 is 0.866 bits per heavy atom. The van der Waals surface area contributed by atoms with Gasteiger partial charge in [-0.15, -0.1) is 0 Å². The third-order valence-corrected chi connectivity index (χ3v) is 16.9. The van der Waals surface area contributed by atoms with E-state index in [0.29, 0.717) is 37.5 Å². The largest absolute Gasteiger partial charge is 0.472 e. The third-order valence-electron chi connectivity index (χ3n) is 15.0. The summed E-state index contributed by atoms with van der Waals surface area (Å²) in [6.45, 7) is 13.9. The van der Waals surface area contributed by atoms with Crippen LogP contribution in [0.4, 0.5) is 0 Å². The fourth-order valence-corrected chi connectivity index (χ4v) is 10.8. The summed E-state index contributed by atoms with van der Waals surface area (Å²) in [5, 5.41) is 10.5. The average molecular weight is 1210 g/mol. The van der Waals surface area contributed by atoms with Gasteiger partial charge in [0.1, 0.15) is 19.3 Å². The molecule has 82 heavy (non-hydrogen) atoms. The highest BCUT2D eigenvalue weighted by Gasteiger charge is 2.30. The predicted octanol–water partition coefficient (Wildman–Crippen LogP) is 17.0. The van der Waals surface area contributed by atoms with Crippen molar-refractivity contribution in [3.63, 3.8) is 0 Å². The van der Waals surface area contributed by atoms with E-state index in [4.69, 9.17) is 37.0 Å². The van der Waals surface area contributed by atoms with Crippen LogP contribution in [0.25, 0.3) is 0 Å². The van der Waals surface area contributed by atoms with E-state index in [1.165, 1.54) is 89.9 Å². The zero-order valence-electron chi connectivity index (χ0n) is 53.1. The summed E-state index contributed by atoms with van der Waals surface area (Å²) >= 11 is 0. The number of carbonyl (C=O) groups is 4. The lowest BCUT2D eigenvalue weighted by Crippen LogP contribution is -2.30. The van der Waals surface area contributed by atoms with Crippen LogP contribution in [-0.2, 0) is 65.4 Å². The number of rotatable bonds is 60. The van der Waals surface area contributed by atoms with Crippen LogP contribution in [0.15, 0.2) is 0 Å². The Labute approximate surface area is 498 Å². The SMILES string of the molecule is CCC(C)CCCCCCCCCCCCC(=O)O[C@H](COC(=O)CCCCCCCCC(C)C)COP(=O)(O)OC[C@H](O)COP(=O)(O)OC[C@@H](COC(=O)CCCCCCCCC(C)C)OC(=O)CCCCCCCCC(C)CC. The Morgan fingerprint density at radius 1 is 0.341 bits per heavy atom. The summed E-state index contributed by atoms with van der Waals surface area (Å²) in [7, 11) is -9.89. The lowest BCUT2D eigenvalue weighted by atomic mass is 9.99. The molecule has 0 aliphatic carbocycles. The van der Waals surface area contributed by atoms with Crippen molar-refractivity contribution in [2.24, 2.45) is 23.7 Å². The summed E-state index contributed by atoms with van der Waals surface area (Å²) in [6, 6.07) is 0. The molecule has 0 aromatic rings. The molecule has 0 aromatic carbocycles. The standard InChI is InChI=1S/C63H122O17P2/c1-9-55(7)41-33-25-15-13-11-12-14-16-29-37-45-62(67)79-58(49-73-60(65)43-35-27-20-17-23-31-39-53(3)4)51-77-81(69,70)75-47-57(64)48-76-82(71,72)78-52-59(50-74-61(66)44-36-28-21-18-24-32-40-54(5)6)80-63(68)46-38-30-22-19-26-34-42-56(8)10-2/h53-59,64H,9-52H2,1-8H3,(H,69,70)(H,71,72)/t55?,56?,57-,58+,59+/m0/s1. The van der Waals surface area contributed by atoms with E-state index in [1.54, 1.807) is 0 Å². The monoisotopic (exact) mass is 1210 g/mol. The summed E-state index contributed by atoms with van der Waals surface area (Å²) in [4.78, 5) is 72.1. The molecule has 0 rings (SSSR count). The van der Waals surface area contributed by atoms with Gasteiger partial charge in [-0.25, -0.2) is 9.13 Å². The van der Waals surface area contributed by atoms with Gasteiger partial charge in [0.15, 0.2) is 12.2 Å². The molecule has 0 aliphatic heterocycles. The van der Waals surface area contributed by atoms with Crippen LogP contribution in [0.2, 0.25) is 0 Å². The van der Waals surface area contributed by atoms with Crippen molar-refractivity contribution < 1.29 is 80.2 Å². The van der Waals surface area contributed by atoms with Crippen molar-refractivity contribution in [3.05, 3.63) is 0 Å².